The second-order valence-electron chi connectivity index (χ2n) is 8.24. The number of anilines is 1. The van der Waals surface area contributed by atoms with Crippen molar-refractivity contribution >= 4 is 17.5 Å². The van der Waals surface area contributed by atoms with Gasteiger partial charge in [0.05, 0.1) is 0 Å². The number of rotatable bonds is 2. The Kier molecular flexibility index (Phi) is 5.04. The van der Waals surface area contributed by atoms with Crippen molar-refractivity contribution in [3.63, 3.8) is 0 Å². The molecule has 1 aromatic rings. The monoisotopic (exact) mass is 331 g/mol. The number of benzene rings is 1. The Bertz CT molecular complexity index is 634. The minimum Gasteiger partial charge on any atom is -0.345 e. The fraction of sp³-hybridized carbons (Fsp3) is 0.579. The Hall–Kier alpha value is -1.88. The molecule has 2 rings (SSSR count). The van der Waals surface area contributed by atoms with Crippen molar-refractivity contribution in [1.29, 1.82) is 0 Å². The summed E-state index contributed by atoms with van der Waals surface area (Å²) in [5.41, 5.74) is 2.50. The lowest BCUT2D eigenvalue weighted by atomic mass is 9.79. The molecule has 1 fully saturated rings. The number of carbonyl (C=O) groups is 2. The summed E-state index contributed by atoms with van der Waals surface area (Å²) < 4.78 is 0. The summed E-state index contributed by atoms with van der Waals surface area (Å²) in [6, 6.07) is 5.76. The smallest absolute Gasteiger partial charge is 0.313 e. The Morgan fingerprint density at radius 3 is 2.21 bits per heavy atom. The van der Waals surface area contributed by atoms with Crippen molar-refractivity contribution in [3.8, 4) is 0 Å². The van der Waals surface area contributed by atoms with Gasteiger partial charge in [0.2, 0.25) is 0 Å². The van der Waals surface area contributed by atoms with Crippen LogP contribution in [0.2, 0.25) is 0 Å². The summed E-state index contributed by atoms with van der Waals surface area (Å²) >= 11 is 0. The van der Waals surface area contributed by atoms with E-state index in [1.54, 1.807) is 0 Å². The highest BCUT2D eigenvalue weighted by molar-refractivity contribution is 6.39. The van der Waals surface area contributed by atoms with Crippen LogP contribution < -0.4 is 16.0 Å². The van der Waals surface area contributed by atoms with E-state index >= 15 is 0 Å². The quantitative estimate of drug-likeness (QED) is 0.730. The zero-order chi connectivity index (χ0) is 18.1. The van der Waals surface area contributed by atoms with E-state index in [4.69, 9.17) is 0 Å². The van der Waals surface area contributed by atoms with Crippen LogP contribution in [0.3, 0.4) is 0 Å². The third-order valence-corrected chi connectivity index (χ3v) is 4.37. The molecule has 0 atom stereocenters. The molecule has 5 heteroatoms. The highest BCUT2D eigenvalue weighted by atomic mass is 16.2. The third kappa shape index (κ3) is 4.81. The number of piperidine rings is 1. The van der Waals surface area contributed by atoms with E-state index in [1.165, 1.54) is 0 Å². The van der Waals surface area contributed by atoms with Crippen LogP contribution in [0.1, 0.15) is 51.7 Å². The van der Waals surface area contributed by atoms with Crippen LogP contribution in [0, 0.1) is 13.8 Å². The lowest BCUT2D eigenvalue weighted by molar-refractivity contribution is -0.137. The molecule has 0 aliphatic carbocycles. The molecule has 1 saturated heterocycles. The Balaban J connectivity index is 2.01. The standard InChI is InChI=1S/C19H29N3O2/c1-12-7-8-13(2)15(9-12)21-17(24)16(23)20-14-10-18(3,4)22-19(5,6)11-14/h7-9,14,22H,10-11H2,1-6H3,(H,20,23)(H,21,24). The predicted molar refractivity (Wildman–Crippen MR) is 97.0 cm³/mol. The summed E-state index contributed by atoms with van der Waals surface area (Å²) in [6.45, 7) is 12.3. The van der Waals surface area contributed by atoms with Gasteiger partial charge in [-0.3, -0.25) is 9.59 Å². The molecule has 2 amide bonds. The van der Waals surface area contributed by atoms with Crippen LogP contribution in [0.15, 0.2) is 18.2 Å². The van der Waals surface area contributed by atoms with E-state index in [-0.39, 0.29) is 17.1 Å². The van der Waals surface area contributed by atoms with E-state index < -0.39 is 11.8 Å². The molecule has 1 aliphatic heterocycles. The summed E-state index contributed by atoms with van der Waals surface area (Å²) in [4.78, 5) is 24.5. The fourth-order valence-corrected chi connectivity index (χ4v) is 3.72. The third-order valence-electron chi connectivity index (χ3n) is 4.37. The van der Waals surface area contributed by atoms with E-state index in [2.05, 4.69) is 43.6 Å². The van der Waals surface area contributed by atoms with E-state index in [0.29, 0.717) is 5.69 Å². The lowest BCUT2D eigenvalue weighted by Crippen LogP contribution is -2.62. The summed E-state index contributed by atoms with van der Waals surface area (Å²) in [7, 11) is 0. The maximum atomic E-state index is 12.3. The highest BCUT2D eigenvalue weighted by Crippen LogP contribution is 2.28. The first-order valence-corrected chi connectivity index (χ1v) is 8.46. The van der Waals surface area contributed by atoms with Gasteiger partial charge in [0.25, 0.3) is 0 Å². The summed E-state index contributed by atoms with van der Waals surface area (Å²) in [5, 5.41) is 9.17. The molecular weight excluding hydrogens is 302 g/mol. The molecule has 0 unspecified atom stereocenters. The average molecular weight is 331 g/mol. The second-order valence-corrected chi connectivity index (χ2v) is 8.24. The molecule has 1 aromatic carbocycles. The van der Waals surface area contributed by atoms with Gasteiger partial charge in [0.15, 0.2) is 0 Å². The fourth-order valence-electron chi connectivity index (χ4n) is 3.72. The van der Waals surface area contributed by atoms with Gasteiger partial charge >= 0.3 is 11.8 Å². The van der Waals surface area contributed by atoms with Gasteiger partial charge < -0.3 is 16.0 Å². The van der Waals surface area contributed by atoms with Gasteiger partial charge in [-0.1, -0.05) is 12.1 Å². The minimum atomic E-state index is -0.613. The van der Waals surface area contributed by atoms with Crippen LogP contribution in [0.25, 0.3) is 0 Å². The molecule has 1 aliphatic rings. The number of amides is 2. The molecular formula is C19H29N3O2. The van der Waals surface area contributed by atoms with Crippen molar-refractivity contribution < 1.29 is 9.59 Å². The summed E-state index contributed by atoms with van der Waals surface area (Å²) in [6.07, 6.45) is 1.58. The van der Waals surface area contributed by atoms with Gasteiger partial charge in [-0.15, -0.1) is 0 Å². The van der Waals surface area contributed by atoms with Crippen LogP contribution in [0.5, 0.6) is 0 Å². The first-order chi connectivity index (χ1) is 11.0. The molecule has 0 radical (unpaired) electrons. The first-order valence-electron chi connectivity index (χ1n) is 8.46. The molecule has 24 heavy (non-hydrogen) atoms. The Labute approximate surface area is 144 Å². The van der Waals surface area contributed by atoms with Crippen molar-refractivity contribution in [2.45, 2.75) is 71.5 Å². The summed E-state index contributed by atoms with van der Waals surface area (Å²) in [5.74, 6) is -1.19. The molecule has 0 bridgehead atoms. The van der Waals surface area contributed by atoms with Gasteiger partial charge in [-0.05, 0) is 71.6 Å². The number of carbonyl (C=O) groups excluding carboxylic acids is 2. The van der Waals surface area contributed by atoms with Gasteiger partial charge in [0.1, 0.15) is 0 Å². The van der Waals surface area contributed by atoms with Crippen molar-refractivity contribution in [1.82, 2.24) is 10.6 Å². The average Bonchev–Trinajstić information content (AvgIpc) is 2.39. The van der Waals surface area contributed by atoms with Crippen molar-refractivity contribution in [2.75, 3.05) is 5.32 Å². The number of nitrogens with one attached hydrogen (secondary N) is 3. The van der Waals surface area contributed by atoms with Crippen molar-refractivity contribution in [2.24, 2.45) is 0 Å². The van der Waals surface area contributed by atoms with Crippen molar-refractivity contribution in [3.05, 3.63) is 29.3 Å². The molecule has 5 nitrogen and oxygen atoms in total. The largest absolute Gasteiger partial charge is 0.345 e. The normalized spacial score (nSPS) is 19.6. The van der Waals surface area contributed by atoms with Crippen LogP contribution in [-0.2, 0) is 9.59 Å². The van der Waals surface area contributed by atoms with E-state index in [9.17, 15) is 9.59 Å². The topological polar surface area (TPSA) is 70.2 Å². The SMILES string of the molecule is Cc1ccc(C)c(NC(=O)C(=O)NC2CC(C)(C)NC(C)(C)C2)c1. The first kappa shape index (κ1) is 18.5. The Morgan fingerprint density at radius 2 is 1.62 bits per heavy atom. The molecule has 0 aromatic heterocycles. The maximum Gasteiger partial charge on any atom is 0.313 e. The molecule has 1 heterocycles. The highest BCUT2D eigenvalue weighted by Gasteiger charge is 2.38. The molecule has 0 saturated carbocycles. The minimum absolute atomic E-state index is 0.0203. The van der Waals surface area contributed by atoms with E-state index in [0.717, 1.165) is 24.0 Å². The Morgan fingerprint density at radius 1 is 1.04 bits per heavy atom. The zero-order valence-corrected chi connectivity index (χ0v) is 15.5. The number of aryl methyl sites for hydroxylation is 2. The number of hydrogen-bond donors (Lipinski definition) is 3. The predicted octanol–water partition coefficient (Wildman–Crippen LogP) is 2.67. The van der Waals surface area contributed by atoms with Gasteiger partial charge in [0, 0.05) is 22.8 Å². The molecule has 0 spiro atoms. The maximum absolute atomic E-state index is 12.3. The lowest BCUT2D eigenvalue weighted by Gasteiger charge is -2.46. The number of hydrogen-bond acceptors (Lipinski definition) is 3. The second kappa shape index (κ2) is 6.55. The molecule has 3 N–H and O–H groups in total. The van der Waals surface area contributed by atoms with Gasteiger partial charge in [-0.2, -0.15) is 0 Å². The molecule has 132 valence electrons. The van der Waals surface area contributed by atoms with E-state index in [1.807, 2.05) is 32.0 Å². The van der Waals surface area contributed by atoms with Crippen LogP contribution >= 0.6 is 0 Å². The van der Waals surface area contributed by atoms with Crippen LogP contribution in [-0.4, -0.2) is 28.9 Å². The van der Waals surface area contributed by atoms with Gasteiger partial charge in [-0.25, -0.2) is 0 Å². The zero-order valence-electron chi connectivity index (χ0n) is 15.5. The van der Waals surface area contributed by atoms with Crippen LogP contribution in [0.4, 0.5) is 5.69 Å².